The number of oxazole rings is 1. The van der Waals surface area contributed by atoms with E-state index in [0.717, 1.165) is 10.8 Å². The van der Waals surface area contributed by atoms with Crippen LogP contribution in [0.3, 0.4) is 0 Å². The van der Waals surface area contributed by atoms with Crippen molar-refractivity contribution in [1.82, 2.24) is 14.3 Å². The molecule has 130 valence electrons. The van der Waals surface area contributed by atoms with Gasteiger partial charge < -0.3 is 10.2 Å². The Morgan fingerprint density at radius 2 is 2.12 bits per heavy atom. The molecule has 0 aliphatic carbocycles. The fourth-order valence-electron chi connectivity index (χ4n) is 2.30. The number of para-hydroxylation sites is 1. The van der Waals surface area contributed by atoms with Gasteiger partial charge in [-0.2, -0.15) is 0 Å². The van der Waals surface area contributed by atoms with E-state index in [9.17, 15) is 18.0 Å². The molecule has 2 aromatic heterocycles. The first-order valence-corrected chi connectivity index (χ1v) is 9.00. The number of carbonyl (C=O) groups is 1. The van der Waals surface area contributed by atoms with Crippen molar-refractivity contribution in [3.05, 3.63) is 58.3 Å². The summed E-state index contributed by atoms with van der Waals surface area (Å²) in [4.78, 5) is 28.8. The summed E-state index contributed by atoms with van der Waals surface area (Å²) < 4.78 is 30.5. The van der Waals surface area contributed by atoms with E-state index in [0.29, 0.717) is 5.69 Å². The van der Waals surface area contributed by atoms with Crippen LogP contribution in [0.5, 0.6) is 0 Å². The first-order chi connectivity index (χ1) is 11.8. The van der Waals surface area contributed by atoms with Crippen LogP contribution < -0.4 is 16.2 Å². The zero-order valence-electron chi connectivity index (χ0n) is 13.1. The van der Waals surface area contributed by atoms with Crippen molar-refractivity contribution in [2.75, 3.05) is 12.0 Å². The SMILES string of the molecule is CS(=O)(=O)NCc1cc(C(=O)n2c(=O)oc3c(N)cccc32)ccn1. The number of pyridine rings is 1. The van der Waals surface area contributed by atoms with Gasteiger partial charge in [-0.05, 0) is 24.3 Å². The van der Waals surface area contributed by atoms with Crippen molar-refractivity contribution in [3.8, 4) is 0 Å². The topological polar surface area (TPSA) is 137 Å². The summed E-state index contributed by atoms with van der Waals surface area (Å²) in [5, 5.41) is 0. The first kappa shape index (κ1) is 16.9. The summed E-state index contributed by atoms with van der Waals surface area (Å²) in [5.41, 5.74) is 6.87. The lowest BCUT2D eigenvalue weighted by Crippen LogP contribution is -2.24. The standard InChI is InChI=1S/C15H14N4O5S/c1-25(22,23)18-8-10-7-9(5-6-17-10)14(20)19-12-4-2-3-11(16)13(12)24-15(19)21/h2-7,18H,8,16H2,1H3. The smallest absolute Gasteiger partial charge is 0.405 e. The van der Waals surface area contributed by atoms with Gasteiger partial charge in [0.1, 0.15) is 5.52 Å². The number of hydrogen-bond donors (Lipinski definition) is 2. The average Bonchev–Trinajstić information content (AvgIpc) is 2.89. The maximum atomic E-state index is 12.7. The van der Waals surface area contributed by atoms with Gasteiger partial charge in [-0.25, -0.2) is 22.5 Å². The molecule has 0 spiro atoms. The molecule has 0 saturated heterocycles. The number of benzene rings is 1. The number of hydrogen-bond acceptors (Lipinski definition) is 7. The molecule has 3 rings (SSSR count). The Hall–Kier alpha value is -2.98. The summed E-state index contributed by atoms with van der Waals surface area (Å²) in [7, 11) is -3.40. The molecule has 3 N–H and O–H groups in total. The summed E-state index contributed by atoms with van der Waals surface area (Å²) in [5.74, 6) is -1.48. The number of sulfonamides is 1. The van der Waals surface area contributed by atoms with E-state index in [4.69, 9.17) is 10.2 Å². The number of carbonyl (C=O) groups excluding carboxylic acids is 1. The Kier molecular flexibility index (Phi) is 4.15. The van der Waals surface area contributed by atoms with Crippen LogP contribution in [0.1, 0.15) is 16.1 Å². The summed E-state index contributed by atoms with van der Waals surface area (Å²) in [6.45, 7) is -0.0755. The van der Waals surface area contributed by atoms with Crippen molar-refractivity contribution >= 4 is 32.7 Å². The highest BCUT2D eigenvalue weighted by atomic mass is 32.2. The van der Waals surface area contributed by atoms with Crippen LogP contribution in [0.15, 0.2) is 45.7 Å². The maximum absolute atomic E-state index is 12.7. The lowest BCUT2D eigenvalue weighted by atomic mass is 10.2. The number of anilines is 1. The van der Waals surface area contributed by atoms with Gasteiger partial charge in [0.05, 0.1) is 24.2 Å². The largest absolute Gasteiger partial charge is 0.427 e. The van der Waals surface area contributed by atoms with Gasteiger partial charge in [-0.15, -0.1) is 0 Å². The molecular weight excluding hydrogens is 348 g/mol. The minimum Gasteiger partial charge on any atom is -0.405 e. The first-order valence-electron chi connectivity index (χ1n) is 7.10. The van der Waals surface area contributed by atoms with Gasteiger partial charge in [0.15, 0.2) is 5.58 Å². The van der Waals surface area contributed by atoms with Gasteiger partial charge in [0, 0.05) is 11.8 Å². The van der Waals surface area contributed by atoms with Crippen molar-refractivity contribution in [2.45, 2.75) is 6.54 Å². The van der Waals surface area contributed by atoms with Crippen LogP contribution in [0, 0.1) is 0 Å². The molecule has 0 aliphatic rings. The Balaban J connectivity index is 2.01. The van der Waals surface area contributed by atoms with E-state index < -0.39 is 21.7 Å². The van der Waals surface area contributed by atoms with E-state index in [1.807, 2.05) is 0 Å². The lowest BCUT2D eigenvalue weighted by molar-refractivity contribution is 0.0956. The van der Waals surface area contributed by atoms with Crippen LogP contribution in [0.4, 0.5) is 5.69 Å². The lowest BCUT2D eigenvalue weighted by Gasteiger charge is -2.05. The molecule has 0 atom stereocenters. The molecule has 0 radical (unpaired) electrons. The predicted molar refractivity (Wildman–Crippen MR) is 90.5 cm³/mol. The number of rotatable bonds is 4. The fraction of sp³-hybridized carbons (Fsp3) is 0.133. The van der Waals surface area contributed by atoms with Crippen molar-refractivity contribution in [2.24, 2.45) is 0 Å². The van der Waals surface area contributed by atoms with E-state index in [1.165, 1.54) is 18.3 Å². The molecule has 2 heterocycles. The van der Waals surface area contributed by atoms with Gasteiger partial charge in [-0.1, -0.05) is 6.07 Å². The number of nitrogens with one attached hydrogen (secondary N) is 1. The minimum atomic E-state index is -3.40. The third-order valence-corrected chi connectivity index (χ3v) is 4.09. The Morgan fingerprint density at radius 1 is 1.36 bits per heavy atom. The van der Waals surface area contributed by atoms with E-state index >= 15 is 0 Å². The Morgan fingerprint density at radius 3 is 2.84 bits per heavy atom. The second kappa shape index (κ2) is 6.15. The predicted octanol–water partition coefficient (Wildman–Crippen LogP) is 0.309. The van der Waals surface area contributed by atoms with Gasteiger partial charge >= 0.3 is 5.76 Å². The van der Waals surface area contributed by atoms with E-state index in [-0.39, 0.29) is 28.9 Å². The van der Waals surface area contributed by atoms with E-state index in [1.54, 1.807) is 18.2 Å². The highest BCUT2D eigenvalue weighted by molar-refractivity contribution is 7.88. The molecule has 3 aromatic rings. The average molecular weight is 362 g/mol. The van der Waals surface area contributed by atoms with Crippen molar-refractivity contribution in [1.29, 1.82) is 0 Å². The highest BCUT2D eigenvalue weighted by Crippen LogP contribution is 2.20. The zero-order chi connectivity index (χ0) is 18.2. The normalized spacial score (nSPS) is 11.7. The Labute approximate surface area is 142 Å². The van der Waals surface area contributed by atoms with Gasteiger partial charge in [0.25, 0.3) is 5.91 Å². The summed E-state index contributed by atoms with van der Waals surface area (Å²) in [6, 6.07) is 7.52. The third kappa shape index (κ3) is 3.44. The van der Waals surface area contributed by atoms with Crippen LogP contribution >= 0.6 is 0 Å². The molecule has 10 heteroatoms. The number of fused-ring (bicyclic) bond motifs is 1. The van der Waals surface area contributed by atoms with Gasteiger partial charge in [0.2, 0.25) is 10.0 Å². The molecule has 1 aromatic carbocycles. The molecule has 9 nitrogen and oxygen atoms in total. The maximum Gasteiger partial charge on any atom is 0.427 e. The van der Waals surface area contributed by atoms with E-state index in [2.05, 4.69) is 9.71 Å². The van der Waals surface area contributed by atoms with Crippen LogP contribution in [0.2, 0.25) is 0 Å². The van der Waals surface area contributed by atoms with Gasteiger partial charge in [-0.3, -0.25) is 9.78 Å². The molecule has 0 unspecified atom stereocenters. The molecule has 25 heavy (non-hydrogen) atoms. The summed E-state index contributed by atoms with van der Waals surface area (Å²) >= 11 is 0. The van der Waals surface area contributed by atoms with Crippen LogP contribution in [-0.2, 0) is 16.6 Å². The number of aromatic nitrogens is 2. The fourth-order valence-corrected chi connectivity index (χ4v) is 2.71. The van der Waals surface area contributed by atoms with Crippen LogP contribution in [0.25, 0.3) is 11.1 Å². The highest BCUT2D eigenvalue weighted by Gasteiger charge is 2.19. The number of nitrogen functional groups attached to an aromatic ring is 1. The second-order valence-corrected chi connectivity index (χ2v) is 7.17. The van der Waals surface area contributed by atoms with Crippen molar-refractivity contribution in [3.63, 3.8) is 0 Å². The minimum absolute atomic E-state index is 0.0755. The molecule has 0 fully saturated rings. The number of nitrogens with zero attached hydrogens (tertiary/aromatic N) is 2. The molecule has 0 aliphatic heterocycles. The zero-order valence-corrected chi connectivity index (χ0v) is 13.9. The summed E-state index contributed by atoms with van der Waals surface area (Å²) in [6.07, 6.45) is 2.37. The Bertz CT molecular complexity index is 1130. The van der Waals surface area contributed by atoms with Crippen LogP contribution in [-0.4, -0.2) is 30.1 Å². The van der Waals surface area contributed by atoms with Crippen molar-refractivity contribution < 1.29 is 17.6 Å². The third-order valence-electron chi connectivity index (χ3n) is 3.42. The monoisotopic (exact) mass is 362 g/mol. The second-order valence-electron chi connectivity index (χ2n) is 5.33. The molecule has 0 saturated carbocycles. The molecule has 0 amide bonds. The number of nitrogens with two attached hydrogens (primary N) is 1. The quantitative estimate of drug-likeness (QED) is 0.637. The molecule has 0 bridgehead atoms. The molecular formula is C15H14N4O5S.